The zero-order valence-corrected chi connectivity index (χ0v) is 11.2. The number of nitrogens with two attached hydrogens (primary N) is 1. The molecule has 1 saturated carbocycles. The van der Waals surface area contributed by atoms with Gasteiger partial charge in [-0.15, -0.1) is 12.4 Å². The van der Waals surface area contributed by atoms with Crippen LogP contribution in [0.4, 0.5) is 0 Å². The molecule has 0 radical (unpaired) electrons. The van der Waals surface area contributed by atoms with Gasteiger partial charge in [0.05, 0.1) is 12.1 Å². The molecule has 1 aromatic carbocycles. The minimum absolute atomic E-state index is 0. The Morgan fingerprint density at radius 3 is 2.59 bits per heavy atom. The summed E-state index contributed by atoms with van der Waals surface area (Å²) in [5.41, 5.74) is 7.08. The Morgan fingerprint density at radius 1 is 1.47 bits per heavy atom. The van der Waals surface area contributed by atoms with Crippen molar-refractivity contribution in [2.45, 2.75) is 25.3 Å². The molecular formula is C12H17Cl2NO2. The van der Waals surface area contributed by atoms with Crippen molar-refractivity contribution < 1.29 is 9.84 Å². The fraction of sp³-hybridized carbons (Fsp3) is 0.500. The molecule has 96 valence electrons. The highest BCUT2D eigenvalue weighted by Gasteiger charge is 2.26. The summed E-state index contributed by atoms with van der Waals surface area (Å²) in [6.07, 6.45) is 3.59. The molecular weight excluding hydrogens is 261 g/mol. The van der Waals surface area contributed by atoms with E-state index < -0.39 is 0 Å². The lowest BCUT2D eigenvalue weighted by Gasteiger charge is -2.31. The molecule has 0 amide bonds. The van der Waals surface area contributed by atoms with Crippen LogP contribution in [-0.2, 0) is 0 Å². The lowest BCUT2D eigenvalue weighted by atomic mass is 9.77. The van der Waals surface area contributed by atoms with Crippen molar-refractivity contribution in [2.75, 3.05) is 7.11 Å². The topological polar surface area (TPSA) is 55.5 Å². The molecule has 0 bridgehead atoms. The molecule has 1 aromatic rings. The van der Waals surface area contributed by atoms with Gasteiger partial charge in [-0.2, -0.15) is 0 Å². The summed E-state index contributed by atoms with van der Waals surface area (Å²) < 4.78 is 5.06. The Hall–Kier alpha value is -0.640. The van der Waals surface area contributed by atoms with E-state index in [0.717, 1.165) is 5.56 Å². The molecule has 1 atom stereocenters. The third-order valence-electron chi connectivity index (χ3n) is 3.31. The van der Waals surface area contributed by atoms with E-state index in [-0.39, 0.29) is 24.2 Å². The van der Waals surface area contributed by atoms with E-state index in [0.29, 0.717) is 16.7 Å². The fourth-order valence-electron chi connectivity index (χ4n) is 2.01. The molecule has 0 aromatic heterocycles. The number of benzene rings is 1. The first-order valence-corrected chi connectivity index (χ1v) is 5.83. The lowest BCUT2D eigenvalue weighted by Crippen LogP contribution is -2.26. The number of ether oxygens (including phenoxy) is 1. The van der Waals surface area contributed by atoms with Crippen LogP contribution in [0.15, 0.2) is 12.1 Å². The number of aromatic hydroxyl groups is 1. The Kier molecular flexibility index (Phi) is 4.92. The molecule has 0 saturated heterocycles. The number of methoxy groups -OCH3 is 1. The highest BCUT2D eigenvalue weighted by atomic mass is 35.5. The van der Waals surface area contributed by atoms with Gasteiger partial charge in [-0.05, 0) is 36.5 Å². The largest absolute Gasteiger partial charge is 0.503 e. The van der Waals surface area contributed by atoms with Gasteiger partial charge in [-0.3, -0.25) is 0 Å². The van der Waals surface area contributed by atoms with E-state index in [1.165, 1.54) is 26.4 Å². The second-order valence-corrected chi connectivity index (χ2v) is 4.68. The van der Waals surface area contributed by atoms with E-state index in [1.807, 2.05) is 0 Å². The summed E-state index contributed by atoms with van der Waals surface area (Å²) in [5.74, 6) is 0.899. The van der Waals surface area contributed by atoms with Gasteiger partial charge >= 0.3 is 0 Å². The summed E-state index contributed by atoms with van der Waals surface area (Å²) in [6, 6.07) is 3.48. The number of halogens is 2. The number of hydrogen-bond acceptors (Lipinski definition) is 3. The minimum Gasteiger partial charge on any atom is -0.503 e. The summed E-state index contributed by atoms with van der Waals surface area (Å²) >= 11 is 5.92. The van der Waals surface area contributed by atoms with E-state index >= 15 is 0 Å². The van der Waals surface area contributed by atoms with Crippen LogP contribution in [-0.4, -0.2) is 12.2 Å². The zero-order valence-electron chi connectivity index (χ0n) is 9.65. The Bertz CT molecular complexity index is 394. The van der Waals surface area contributed by atoms with Gasteiger partial charge in [0.15, 0.2) is 11.5 Å². The Balaban J connectivity index is 0.00000144. The van der Waals surface area contributed by atoms with Gasteiger partial charge in [0.25, 0.3) is 0 Å². The SMILES string of the molecule is COc1cc([C@@H](N)C2CCC2)cc(Cl)c1O.Cl. The van der Waals surface area contributed by atoms with Crippen LogP contribution < -0.4 is 10.5 Å². The fourth-order valence-corrected chi connectivity index (χ4v) is 2.23. The quantitative estimate of drug-likeness (QED) is 0.892. The minimum atomic E-state index is -0.0197. The number of rotatable bonds is 3. The number of phenols is 1. The predicted molar refractivity (Wildman–Crippen MR) is 71.2 cm³/mol. The van der Waals surface area contributed by atoms with Crippen molar-refractivity contribution in [1.82, 2.24) is 0 Å². The molecule has 2 rings (SSSR count). The molecule has 1 fully saturated rings. The van der Waals surface area contributed by atoms with Crippen molar-refractivity contribution >= 4 is 24.0 Å². The maximum absolute atomic E-state index is 9.62. The van der Waals surface area contributed by atoms with Crippen LogP contribution >= 0.6 is 24.0 Å². The molecule has 5 heteroatoms. The first-order chi connectivity index (χ1) is 7.63. The van der Waals surface area contributed by atoms with Crippen molar-refractivity contribution in [2.24, 2.45) is 11.7 Å². The van der Waals surface area contributed by atoms with Crippen LogP contribution in [0, 0.1) is 5.92 Å². The van der Waals surface area contributed by atoms with Gasteiger partial charge in [-0.25, -0.2) is 0 Å². The third-order valence-corrected chi connectivity index (χ3v) is 3.60. The summed E-state index contributed by atoms with van der Waals surface area (Å²) in [7, 11) is 1.50. The van der Waals surface area contributed by atoms with Crippen LogP contribution in [0.5, 0.6) is 11.5 Å². The average molecular weight is 278 g/mol. The van der Waals surface area contributed by atoms with Crippen LogP contribution in [0.3, 0.4) is 0 Å². The Labute approximate surface area is 112 Å². The molecule has 0 heterocycles. The summed E-state index contributed by atoms with van der Waals surface area (Å²) in [4.78, 5) is 0. The number of hydrogen-bond donors (Lipinski definition) is 2. The van der Waals surface area contributed by atoms with Gasteiger partial charge in [0.2, 0.25) is 0 Å². The normalized spacial score (nSPS) is 16.9. The maximum atomic E-state index is 9.62. The lowest BCUT2D eigenvalue weighted by molar-refractivity contribution is 0.263. The van der Waals surface area contributed by atoms with Crippen molar-refractivity contribution in [1.29, 1.82) is 0 Å². The molecule has 1 aliphatic carbocycles. The van der Waals surface area contributed by atoms with Crippen molar-refractivity contribution in [3.05, 3.63) is 22.7 Å². The summed E-state index contributed by atoms with van der Waals surface area (Å²) in [6.45, 7) is 0. The molecule has 3 N–H and O–H groups in total. The second-order valence-electron chi connectivity index (χ2n) is 4.27. The van der Waals surface area contributed by atoms with Gasteiger partial charge < -0.3 is 15.6 Å². The second kappa shape index (κ2) is 5.80. The zero-order chi connectivity index (χ0) is 11.7. The summed E-state index contributed by atoms with van der Waals surface area (Å²) in [5, 5.41) is 9.91. The standard InChI is InChI=1S/C12H16ClNO2.ClH/c1-16-10-6-8(5-9(13)12(10)15)11(14)7-3-2-4-7;/h5-7,11,15H,2-4,14H2,1H3;1H/t11-;/m0./s1. The van der Waals surface area contributed by atoms with E-state index in [9.17, 15) is 5.11 Å². The van der Waals surface area contributed by atoms with Gasteiger partial charge in [-0.1, -0.05) is 18.0 Å². The third kappa shape index (κ3) is 2.79. The van der Waals surface area contributed by atoms with Crippen molar-refractivity contribution in [3.63, 3.8) is 0 Å². The van der Waals surface area contributed by atoms with E-state index in [2.05, 4.69) is 0 Å². The number of phenolic OH excluding ortho intramolecular Hbond substituents is 1. The van der Waals surface area contributed by atoms with Crippen LogP contribution in [0.25, 0.3) is 0 Å². The molecule has 0 spiro atoms. The molecule has 3 nitrogen and oxygen atoms in total. The van der Waals surface area contributed by atoms with E-state index in [4.69, 9.17) is 22.1 Å². The predicted octanol–water partition coefficient (Wildman–Crippen LogP) is 3.28. The average Bonchev–Trinajstić information content (AvgIpc) is 2.19. The van der Waals surface area contributed by atoms with E-state index in [1.54, 1.807) is 12.1 Å². The Morgan fingerprint density at radius 2 is 2.12 bits per heavy atom. The monoisotopic (exact) mass is 277 g/mol. The highest BCUT2D eigenvalue weighted by Crippen LogP contribution is 2.41. The van der Waals surface area contributed by atoms with Gasteiger partial charge in [0, 0.05) is 6.04 Å². The van der Waals surface area contributed by atoms with Crippen LogP contribution in [0.2, 0.25) is 5.02 Å². The highest BCUT2D eigenvalue weighted by molar-refractivity contribution is 6.32. The molecule has 0 aliphatic heterocycles. The first kappa shape index (κ1) is 14.4. The van der Waals surface area contributed by atoms with Gasteiger partial charge in [0.1, 0.15) is 0 Å². The van der Waals surface area contributed by atoms with Crippen molar-refractivity contribution in [3.8, 4) is 11.5 Å². The molecule has 1 aliphatic rings. The molecule has 0 unspecified atom stereocenters. The maximum Gasteiger partial charge on any atom is 0.176 e. The smallest absolute Gasteiger partial charge is 0.176 e. The molecule has 17 heavy (non-hydrogen) atoms. The first-order valence-electron chi connectivity index (χ1n) is 5.45. The van der Waals surface area contributed by atoms with Crippen LogP contribution in [0.1, 0.15) is 30.9 Å².